The molecule has 0 bridgehead atoms. The molecule has 0 unspecified atom stereocenters. The molecule has 1 aromatic rings. The van der Waals surface area contributed by atoms with Gasteiger partial charge in [-0.05, 0) is 24.5 Å². The molecule has 94 valence electrons. The van der Waals surface area contributed by atoms with Crippen molar-refractivity contribution in [2.75, 3.05) is 19.6 Å². The first-order chi connectivity index (χ1) is 8.74. The number of hydrogen-bond donors (Lipinski definition) is 0. The lowest BCUT2D eigenvalue weighted by atomic mass is 9.90. The van der Waals surface area contributed by atoms with Crippen LogP contribution in [0.4, 0.5) is 0 Å². The Morgan fingerprint density at radius 1 is 1.39 bits per heavy atom. The zero-order valence-electron chi connectivity index (χ0n) is 10.9. The summed E-state index contributed by atoms with van der Waals surface area (Å²) in [6.07, 6.45) is 4.20. The second kappa shape index (κ2) is 4.69. The number of hydrogen-bond acceptors (Lipinski definition) is 2. The van der Waals surface area contributed by atoms with Gasteiger partial charge in [-0.15, -0.1) is 0 Å². The van der Waals surface area contributed by atoms with Crippen LogP contribution in [0.15, 0.2) is 29.8 Å². The van der Waals surface area contributed by atoms with Crippen LogP contribution >= 0.6 is 0 Å². The Hall–Kier alpha value is -1.41. The number of rotatable bonds is 3. The SMILES string of the molecule is CC(=O)CCN1CCC2=Cc3ccccc3[C@H]2C1. The monoisotopic (exact) mass is 241 g/mol. The Morgan fingerprint density at radius 2 is 2.22 bits per heavy atom. The van der Waals surface area contributed by atoms with E-state index in [9.17, 15) is 4.79 Å². The number of fused-ring (bicyclic) bond motifs is 3. The average Bonchev–Trinajstić information content (AvgIpc) is 2.74. The van der Waals surface area contributed by atoms with Crippen LogP contribution in [-0.2, 0) is 4.79 Å². The number of nitrogens with zero attached hydrogens (tertiary/aromatic N) is 1. The first-order valence-electron chi connectivity index (χ1n) is 6.75. The summed E-state index contributed by atoms with van der Waals surface area (Å²) in [7, 11) is 0. The zero-order chi connectivity index (χ0) is 12.5. The van der Waals surface area contributed by atoms with Gasteiger partial charge in [0.25, 0.3) is 0 Å². The molecule has 0 N–H and O–H groups in total. The van der Waals surface area contributed by atoms with Crippen molar-refractivity contribution in [3.63, 3.8) is 0 Å². The molecular formula is C16H19NO. The van der Waals surface area contributed by atoms with Gasteiger partial charge in [0, 0.05) is 32.0 Å². The Kier molecular flexibility index (Phi) is 3.04. The molecule has 3 rings (SSSR count). The van der Waals surface area contributed by atoms with Crippen LogP contribution in [0.25, 0.3) is 6.08 Å². The van der Waals surface area contributed by atoms with Crippen molar-refractivity contribution >= 4 is 11.9 Å². The molecule has 0 amide bonds. The highest BCUT2D eigenvalue weighted by Gasteiger charge is 2.30. The second-order valence-electron chi connectivity index (χ2n) is 5.40. The van der Waals surface area contributed by atoms with Gasteiger partial charge < -0.3 is 4.90 Å². The summed E-state index contributed by atoms with van der Waals surface area (Å²) in [6, 6.07) is 8.70. The smallest absolute Gasteiger partial charge is 0.131 e. The highest BCUT2D eigenvalue weighted by Crippen LogP contribution is 2.40. The molecule has 2 aliphatic rings. The minimum atomic E-state index is 0.295. The Labute approximate surface area is 108 Å². The van der Waals surface area contributed by atoms with Crippen LogP contribution in [0.2, 0.25) is 0 Å². The van der Waals surface area contributed by atoms with Gasteiger partial charge in [-0.3, -0.25) is 4.79 Å². The largest absolute Gasteiger partial charge is 0.302 e. The summed E-state index contributed by atoms with van der Waals surface area (Å²) in [5, 5.41) is 0. The lowest BCUT2D eigenvalue weighted by Crippen LogP contribution is -2.36. The molecule has 1 atom stereocenters. The highest BCUT2D eigenvalue weighted by molar-refractivity contribution is 5.75. The maximum absolute atomic E-state index is 11.1. The van der Waals surface area contributed by atoms with E-state index in [1.807, 2.05) is 0 Å². The van der Waals surface area contributed by atoms with Crippen molar-refractivity contribution in [1.29, 1.82) is 0 Å². The second-order valence-corrected chi connectivity index (χ2v) is 5.40. The fourth-order valence-corrected chi connectivity index (χ4v) is 3.08. The molecular weight excluding hydrogens is 222 g/mol. The van der Waals surface area contributed by atoms with E-state index in [2.05, 4.69) is 35.2 Å². The molecule has 1 aromatic carbocycles. The van der Waals surface area contributed by atoms with Gasteiger partial charge in [0.05, 0.1) is 0 Å². The summed E-state index contributed by atoms with van der Waals surface area (Å²) in [5.41, 5.74) is 4.45. The fraction of sp³-hybridized carbons (Fsp3) is 0.438. The molecule has 2 heteroatoms. The molecule has 1 aliphatic heterocycles. The third-order valence-electron chi connectivity index (χ3n) is 4.10. The number of piperidine rings is 1. The first-order valence-corrected chi connectivity index (χ1v) is 6.75. The summed E-state index contributed by atoms with van der Waals surface area (Å²) in [4.78, 5) is 13.5. The van der Waals surface area contributed by atoms with Gasteiger partial charge in [-0.2, -0.15) is 0 Å². The predicted octanol–water partition coefficient (Wildman–Crippen LogP) is 2.85. The van der Waals surface area contributed by atoms with Crippen LogP contribution in [0.3, 0.4) is 0 Å². The van der Waals surface area contributed by atoms with Crippen molar-refractivity contribution < 1.29 is 4.79 Å². The highest BCUT2D eigenvalue weighted by atomic mass is 16.1. The van der Waals surface area contributed by atoms with Gasteiger partial charge in [-0.25, -0.2) is 0 Å². The van der Waals surface area contributed by atoms with Crippen molar-refractivity contribution in [2.45, 2.75) is 25.7 Å². The summed E-state index contributed by atoms with van der Waals surface area (Å²) >= 11 is 0. The molecule has 1 saturated heterocycles. The van der Waals surface area contributed by atoms with E-state index >= 15 is 0 Å². The van der Waals surface area contributed by atoms with Gasteiger partial charge in [0.2, 0.25) is 0 Å². The number of ketones is 1. The summed E-state index contributed by atoms with van der Waals surface area (Å²) in [6.45, 7) is 4.78. The molecule has 0 spiro atoms. The van der Waals surface area contributed by atoms with Crippen LogP contribution in [0, 0.1) is 0 Å². The maximum atomic E-state index is 11.1. The lowest BCUT2D eigenvalue weighted by molar-refractivity contribution is -0.117. The molecule has 1 heterocycles. The van der Waals surface area contributed by atoms with E-state index in [0.29, 0.717) is 18.1 Å². The van der Waals surface area contributed by atoms with E-state index in [4.69, 9.17) is 0 Å². The normalized spacial score (nSPS) is 22.3. The van der Waals surface area contributed by atoms with Gasteiger partial charge in [0.15, 0.2) is 0 Å². The number of likely N-dealkylation sites (tertiary alicyclic amines) is 1. The number of carbonyl (C=O) groups excluding carboxylic acids is 1. The molecule has 2 nitrogen and oxygen atoms in total. The summed E-state index contributed by atoms with van der Waals surface area (Å²) < 4.78 is 0. The van der Waals surface area contributed by atoms with Crippen molar-refractivity contribution in [3.8, 4) is 0 Å². The van der Waals surface area contributed by atoms with E-state index in [1.54, 1.807) is 12.5 Å². The van der Waals surface area contributed by atoms with E-state index in [0.717, 1.165) is 26.1 Å². The van der Waals surface area contributed by atoms with Crippen LogP contribution in [0.1, 0.15) is 36.8 Å². The van der Waals surface area contributed by atoms with E-state index < -0.39 is 0 Å². The fourth-order valence-electron chi connectivity index (χ4n) is 3.08. The van der Waals surface area contributed by atoms with Crippen molar-refractivity contribution in [1.82, 2.24) is 4.90 Å². The number of carbonyl (C=O) groups is 1. The minimum absolute atomic E-state index is 0.295. The Morgan fingerprint density at radius 3 is 3.06 bits per heavy atom. The maximum Gasteiger partial charge on any atom is 0.131 e. The number of Topliss-reactive ketones (excluding diaryl/α,β-unsaturated/α-hetero) is 1. The molecule has 0 saturated carbocycles. The van der Waals surface area contributed by atoms with Crippen LogP contribution < -0.4 is 0 Å². The summed E-state index contributed by atoms with van der Waals surface area (Å²) in [5.74, 6) is 0.866. The van der Waals surface area contributed by atoms with Gasteiger partial charge in [-0.1, -0.05) is 35.9 Å². The number of benzene rings is 1. The van der Waals surface area contributed by atoms with Gasteiger partial charge >= 0.3 is 0 Å². The molecule has 0 aromatic heterocycles. The molecule has 0 radical (unpaired) electrons. The van der Waals surface area contributed by atoms with Gasteiger partial charge in [0.1, 0.15) is 5.78 Å². The van der Waals surface area contributed by atoms with Crippen LogP contribution in [-0.4, -0.2) is 30.3 Å². The Balaban J connectivity index is 1.73. The third-order valence-corrected chi connectivity index (χ3v) is 4.10. The molecule has 1 fully saturated rings. The lowest BCUT2D eigenvalue weighted by Gasteiger charge is -2.32. The zero-order valence-corrected chi connectivity index (χ0v) is 10.9. The van der Waals surface area contributed by atoms with E-state index in [-0.39, 0.29) is 0 Å². The van der Waals surface area contributed by atoms with Crippen molar-refractivity contribution in [2.24, 2.45) is 0 Å². The third kappa shape index (κ3) is 2.13. The van der Waals surface area contributed by atoms with Crippen molar-refractivity contribution in [3.05, 3.63) is 41.0 Å². The predicted molar refractivity (Wildman–Crippen MR) is 73.5 cm³/mol. The Bertz CT molecular complexity index is 504. The standard InChI is InChI=1S/C16H19NO/c1-12(18)6-8-17-9-7-14-10-13-4-2-3-5-15(13)16(14)11-17/h2-5,10,16H,6-9,11H2,1H3/t16-/m0/s1. The topological polar surface area (TPSA) is 20.3 Å². The first kappa shape index (κ1) is 11.7. The molecule has 18 heavy (non-hydrogen) atoms. The van der Waals surface area contributed by atoms with Crippen LogP contribution in [0.5, 0.6) is 0 Å². The molecule has 1 aliphatic carbocycles. The average molecular weight is 241 g/mol. The minimum Gasteiger partial charge on any atom is -0.302 e. The van der Waals surface area contributed by atoms with E-state index in [1.165, 1.54) is 11.1 Å². The quantitative estimate of drug-likeness (QED) is 0.811.